The van der Waals surface area contributed by atoms with Gasteiger partial charge in [-0.15, -0.1) is 11.3 Å². The quantitative estimate of drug-likeness (QED) is 0.368. The lowest BCUT2D eigenvalue weighted by Gasteiger charge is -2.05. The first-order valence-electron chi connectivity index (χ1n) is 9.71. The topological polar surface area (TPSA) is 76.3 Å². The van der Waals surface area contributed by atoms with Crippen LogP contribution in [0.4, 0.5) is 0 Å². The summed E-state index contributed by atoms with van der Waals surface area (Å²) < 4.78 is 1.31. The zero-order valence-electron chi connectivity index (χ0n) is 16.9. The van der Waals surface area contributed by atoms with E-state index in [1.807, 2.05) is 73.7 Å². The Morgan fingerprint density at radius 1 is 1.13 bits per heavy atom. The van der Waals surface area contributed by atoms with Gasteiger partial charge in [-0.2, -0.15) is 5.10 Å². The van der Waals surface area contributed by atoms with Gasteiger partial charge < -0.3 is 0 Å². The molecule has 0 radical (unpaired) electrons. The van der Waals surface area contributed by atoms with E-state index in [0.29, 0.717) is 10.2 Å². The monoisotopic (exact) mass is 428 g/mol. The Morgan fingerprint density at radius 3 is 2.58 bits per heavy atom. The molecule has 6 nitrogen and oxygen atoms in total. The van der Waals surface area contributed by atoms with Gasteiger partial charge in [-0.05, 0) is 24.1 Å². The van der Waals surface area contributed by atoms with E-state index in [-0.39, 0.29) is 12.1 Å². The lowest BCUT2D eigenvalue weighted by molar-refractivity contribution is -0.121. The number of hydrogen-bond acceptors (Lipinski definition) is 5. The van der Waals surface area contributed by atoms with E-state index in [1.165, 1.54) is 28.4 Å². The van der Waals surface area contributed by atoms with Crippen LogP contribution >= 0.6 is 11.3 Å². The van der Waals surface area contributed by atoms with Crippen molar-refractivity contribution < 1.29 is 4.79 Å². The SMILES string of the molecule is Cc1sc2ncn(CC(=O)N/N=C/C=C/c3ccccc3)c(=O)c2c1-c1ccccc1. The summed E-state index contributed by atoms with van der Waals surface area (Å²) in [5.41, 5.74) is 5.07. The molecule has 0 bridgehead atoms. The highest BCUT2D eigenvalue weighted by Crippen LogP contribution is 2.35. The Labute approximate surface area is 183 Å². The predicted octanol–water partition coefficient (Wildman–Crippen LogP) is 4.25. The highest BCUT2D eigenvalue weighted by atomic mass is 32.1. The average molecular weight is 429 g/mol. The van der Waals surface area contributed by atoms with Gasteiger partial charge in [-0.3, -0.25) is 14.2 Å². The molecule has 2 heterocycles. The molecule has 1 N–H and O–H groups in total. The third kappa shape index (κ3) is 4.67. The molecular weight excluding hydrogens is 408 g/mol. The van der Waals surface area contributed by atoms with Crippen molar-refractivity contribution in [3.8, 4) is 11.1 Å². The van der Waals surface area contributed by atoms with Gasteiger partial charge in [-0.1, -0.05) is 66.7 Å². The van der Waals surface area contributed by atoms with Crippen LogP contribution < -0.4 is 11.0 Å². The van der Waals surface area contributed by atoms with Crippen molar-refractivity contribution in [2.75, 3.05) is 0 Å². The fourth-order valence-corrected chi connectivity index (χ4v) is 4.27. The number of amides is 1. The fraction of sp³-hybridized carbons (Fsp3) is 0.0833. The van der Waals surface area contributed by atoms with E-state index in [1.54, 1.807) is 6.08 Å². The third-order valence-electron chi connectivity index (χ3n) is 4.67. The molecule has 4 rings (SSSR count). The van der Waals surface area contributed by atoms with Gasteiger partial charge in [0.05, 0.1) is 11.7 Å². The van der Waals surface area contributed by atoms with Gasteiger partial charge in [-0.25, -0.2) is 10.4 Å². The summed E-state index contributed by atoms with van der Waals surface area (Å²) in [6.45, 7) is 1.81. The Kier molecular flexibility index (Phi) is 6.14. The lowest BCUT2D eigenvalue weighted by atomic mass is 10.0. The first-order chi connectivity index (χ1) is 15.1. The summed E-state index contributed by atoms with van der Waals surface area (Å²) in [4.78, 5) is 31.4. The van der Waals surface area contributed by atoms with Crippen LogP contribution in [0.1, 0.15) is 10.4 Å². The molecule has 2 aromatic heterocycles. The summed E-state index contributed by atoms with van der Waals surface area (Å²) in [6.07, 6.45) is 6.51. The molecule has 0 saturated carbocycles. The number of rotatable bonds is 6. The minimum atomic E-state index is -0.402. The van der Waals surface area contributed by atoms with Crippen molar-refractivity contribution in [3.63, 3.8) is 0 Å². The zero-order chi connectivity index (χ0) is 21.6. The number of carbonyl (C=O) groups is 1. The van der Waals surface area contributed by atoms with Crippen LogP contribution in [0.3, 0.4) is 0 Å². The second-order valence-corrected chi connectivity index (χ2v) is 8.04. The maximum atomic E-state index is 13.1. The van der Waals surface area contributed by atoms with Crippen molar-refractivity contribution >= 4 is 39.8 Å². The lowest BCUT2D eigenvalue weighted by Crippen LogP contribution is -2.30. The van der Waals surface area contributed by atoms with Gasteiger partial charge >= 0.3 is 0 Å². The highest BCUT2D eigenvalue weighted by molar-refractivity contribution is 7.19. The minimum absolute atomic E-state index is 0.162. The summed E-state index contributed by atoms with van der Waals surface area (Å²) in [5.74, 6) is -0.402. The molecule has 0 atom stereocenters. The second kappa shape index (κ2) is 9.32. The number of nitrogens with one attached hydrogen (secondary N) is 1. The van der Waals surface area contributed by atoms with Crippen LogP contribution in [0.15, 0.2) is 83.0 Å². The number of hydrazone groups is 1. The van der Waals surface area contributed by atoms with E-state index in [9.17, 15) is 9.59 Å². The van der Waals surface area contributed by atoms with Crippen LogP contribution in [0.25, 0.3) is 27.4 Å². The van der Waals surface area contributed by atoms with Gasteiger partial charge in [0.2, 0.25) is 0 Å². The smallest absolute Gasteiger partial charge is 0.263 e. The second-order valence-electron chi connectivity index (χ2n) is 6.84. The summed E-state index contributed by atoms with van der Waals surface area (Å²) in [6, 6.07) is 19.5. The number of carbonyl (C=O) groups excluding carboxylic acids is 1. The Morgan fingerprint density at radius 2 is 1.84 bits per heavy atom. The van der Waals surface area contributed by atoms with Crippen molar-refractivity contribution in [2.45, 2.75) is 13.5 Å². The molecule has 0 aliphatic heterocycles. The van der Waals surface area contributed by atoms with E-state index >= 15 is 0 Å². The maximum Gasteiger partial charge on any atom is 0.263 e. The number of aromatic nitrogens is 2. The molecule has 0 unspecified atom stereocenters. The molecule has 0 fully saturated rings. The normalized spacial score (nSPS) is 11.5. The molecule has 31 heavy (non-hydrogen) atoms. The van der Waals surface area contributed by atoms with Crippen molar-refractivity contribution in [1.29, 1.82) is 0 Å². The van der Waals surface area contributed by atoms with Crippen molar-refractivity contribution in [3.05, 3.63) is 93.9 Å². The van der Waals surface area contributed by atoms with Crippen LogP contribution in [0.2, 0.25) is 0 Å². The summed E-state index contributed by atoms with van der Waals surface area (Å²) >= 11 is 1.48. The van der Waals surface area contributed by atoms with Gasteiger partial charge in [0.25, 0.3) is 11.5 Å². The van der Waals surface area contributed by atoms with Gasteiger partial charge in [0, 0.05) is 16.7 Å². The molecule has 154 valence electrons. The Bertz CT molecular complexity index is 1320. The van der Waals surface area contributed by atoms with Crippen LogP contribution in [-0.4, -0.2) is 21.7 Å². The third-order valence-corrected chi connectivity index (χ3v) is 5.68. The van der Waals surface area contributed by atoms with Crippen LogP contribution in [0.5, 0.6) is 0 Å². The first-order valence-corrected chi connectivity index (χ1v) is 10.5. The Balaban J connectivity index is 1.50. The molecule has 4 aromatic rings. The van der Waals surface area contributed by atoms with E-state index < -0.39 is 5.91 Å². The standard InChI is InChI=1S/C24H20N4O2S/c1-17-21(19-12-6-3-7-13-19)22-23(31-17)25-16-28(24(22)30)15-20(29)27-26-14-8-11-18-9-4-2-5-10-18/h2-14,16H,15H2,1H3,(H,27,29)/b11-8+,26-14+. The average Bonchev–Trinajstić information content (AvgIpc) is 3.13. The number of allylic oxidation sites excluding steroid dienone is 1. The first kappa shape index (κ1) is 20.4. The van der Waals surface area contributed by atoms with Crippen molar-refractivity contribution in [2.24, 2.45) is 5.10 Å². The largest absolute Gasteiger partial charge is 0.289 e. The molecule has 0 aliphatic carbocycles. The summed E-state index contributed by atoms with van der Waals surface area (Å²) in [7, 11) is 0. The molecule has 0 spiro atoms. The van der Waals surface area contributed by atoms with Crippen molar-refractivity contribution in [1.82, 2.24) is 15.0 Å². The van der Waals surface area contributed by atoms with Crippen LogP contribution in [-0.2, 0) is 11.3 Å². The number of hydrogen-bond donors (Lipinski definition) is 1. The number of benzene rings is 2. The number of fused-ring (bicyclic) bond motifs is 1. The van der Waals surface area contributed by atoms with Crippen LogP contribution in [0, 0.1) is 6.92 Å². The molecule has 0 aliphatic rings. The van der Waals surface area contributed by atoms with E-state index in [4.69, 9.17) is 0 Å². The van der Waals surface area contributed by atoms with Gasteiger partial charge in [0.15, 0.2) is 0 Å². The zero-order valence-corrected chi connectivity index (χ0v) is 17.7. The molecule has 0 saturated heterocycles. The van der Waals surface area contributed by atoms with E-state index in [2.05, 4.69) is 15.5 Å². The minimum Gasteiger partial charge on any atom is -0.289 e. The molecule has 7 heteroatoms. The highest BCUT2D eigenvalue weighted by Gasteiger charge is 2.17. The number of nitrogens with zero attached hydrogens (tertiary/aromatic N) is 3. The van der Waals surface area contributed by atoms with E-state index in [0.717, 1.165) is 21.6 Å². The molecule has 1 amide bonds. The molecular formula is C24H20N4O2S. The molecule has 2 aromatic carbocycles. The number of thiophene rings is 1. The number of aryl methyl sites for hydroxylation is 1. The predicted molar refractivity (Wildman–Crippen MR) is 126 cm³/mol. The Hall–Kier alpha value is -3.84. The van der Waals surface area contributed by atoms with Gasteiger partial charge in [0.1, 0.15) is 11.4 Å². The fourth-order valence-electron chi connectivity index (χ4n) is 3.26. The maximum absolute atomic E-state index is 13.1. The summed E-state index contributed by atoms with van der Waals surface area (Å²) in [5, 5.41) is 4.44.